The minimum absolute atomic E-state index is 0.145. The summed E-state index contributed by atoms with van der Waals surface area (Å²) in [5, 5.41) is 4.17. The van der Waals surface area contributed by atoms with Crippen molar-refractivity contribution in [2.75, 3.05) is 13.1 Å². The predicted molar refractivity (Wildman–Crippen MR) is 74.1 cm³/mol. The number of hydrogen-bond donors (Lipinski definition) is 2. The Morgan fingerprint density at radius 2 is 2.24 bits per heavy atom. The summed E-state index contributed by atoms with van der Waals surface area (Å²) in [5.41, 5.74) is 7.98. The smallest absolute Gasteiger partial charge is 0.0445 e. The minimum Gasteiger partial charge on any atom is -0.329 e. The fourth-order valence-corrected chi connectivity index (χ4v) is 1.79. The van der Waals surface area contributed by atoms with Crippen molar-refractivity contribution in [2.24, 2.45) is 5.73 Å². The van der Waals surface area contributed by atoms with Gasteiger partial charge in [0.25, 0.3) is 0 Å². The van der Waals surface area contributed by atoms with Gasteiger partial charge in [0.15, 0.2) is 0 Å². The van der Waals surface area contributed by atoms with Crippen LogP contribution in [0, 0.1) is 18.8 Å². The van der Waals surface area contributed by atoms with Crippen LogP contribution in [0.4, 0.5) is 0 Å². The van der Waals surface area contributed by atoms with Gasteiger partial charge in [-0.3, -0.25) is 0 Å². The van der Waals surface area contributed by atoms with Crippen molar-refractivity contribution in [1.29, 1.82) is 0 Å². The van der Waals surface area contributed by atoms with Crippen LogP contribution in [-0.4, -0.2) is 13.1 Å². The lowest BCUT2D eigenvalue weighted by Gasteiger charge is -2.17. The molecule has 0 amide bonds. The van der Waals surface area contributed by atoms with Crippen LogP contribution < -0.4 is 11.1 Å². The van der Waals surface area contributed by atoms with Crippen molar-refractivity contribution >= 4 is 11.6 Å². The van der Waals surface area contributed by atoms with E-state index in [1.807, 2.05) is 26.0 Å². The van der Waals surface area contributed by atoms with Crippen molar-refractivity contribution in [3.8, 4) is 11.8 Å². The molecule has 92 valence electrons. The normalized spacial score (nSPS) is 11.8. The first kappa shape index (κ1) is 14.1. The summed E-state index contributed by atoms with van der Waals surface area (Å²) in [4.78, 5) is 0. The molecule has 3 N–H and O–H groups in total. The summed E-state index contributed by atoms with van der Waals surface area (Å²) >= 11 is 6.11. The maximum Gasteiger partial charge on any atom is 0.0445 e. The zero-order chi connectivity index (χ0) is 12.7. The van der Waals surface area contributed by atoms with Gasteiger partial charge in [0.05, 0.1) is 0 Å². The van der Waals surface area contributed by atoms with E-state index in [9.17, 15) is 0 Å². The third-order valence-electron chi connectivity index (χ3n) is 2.65. The van der Waals surface area contributed by atoms with Crippen molar-refractivity contribution in [3.63, 3.8) is 0 Å². The van der Waals surface area contributed by atoms with Gasteiger partial charge in [0.1, 0.15) is 0 Å². The lowest BCUT2D eigenvalue weighted by atomic mass is 10.1. The number of rotatable bonds is 5. The molecular weight excluding hydrogens is 232 g/mol. The summed E-state index contributed by atoms with van der Waals surface area (Å²) in [5.74, 6) is 5.89. The van der Waals surface area contributed by atoms with Gasteiger partial charge in [-0.25, -0.2) is 0 Å². The number of aryl methyl sites for hydroxylation is 1. The van der Waals surface area contributed by atoms with Crippen LogP contribution in [0.15, 0.2) is 18.2 Å². The van der Waals surface area contributed by atoms with Gasteiger partial charge in [0.2, 0.25) is 0 Å². The van der Waals surface area contributed by atoms with Gasteiger partial charge in [-0.1, -0.05) is 23.7 Å². The molecule has 0 aliphatic rings. The van der Waals surface area contributed by atoms with Crippen LogP contribution >= 0.6 is 11.6 Å². The maximum absolute atomic E-state index is 6.11. The molecule has 1 aromatic rings. The van der Waals surface area contributed by atoms with Gasteiger partial charge in [-0.15, -0.1) is 11.8 Å². The molecule has 0 aromatic heterocycles. The SMILES string of the molecule is CC#CCCNC(CN)c1ccc(C)c(Cl)c1. The standard InChI is InChI=1S/C14H19ClN2/c1-3-4-5-8-17-14(10-16)12-7-6-11(2)13(15)9-12/h6-7,9,14,17H,5,8,10,16H2,1-2H3. The van der Waals surface area contributed by atoms with E-state index in [0.29, 0.717) is 6.54 Å². The lowest BCUT2D eigenvalue weighted by Crippen LogP contribution is -2.28. The Hall–Kier alpha value is -1.01. The van der Waals surface area contributed by atoms with Crippen molar-refractivity contribution in [3.05, 3.63) is 34.3 Å². The van der Waals surface area contributed by atoms with E-state index in [-0.39, 0.29) is 6.04 Å². The number of halogens is 1. The van der Waals surface area contributed by atoms with E-state index < -0.39 is 0 Å². The van der Waals surface area contributed by atoms with Crippen LogP contribution in [0.5, 0.6) is 0 Å². The summed E-state index contributed by atoms with van der Waals surface area (Å²) in [6, 6.07) is 6.21. The second kappa shape index (κ2) is 7.34. The summed E-state index contributed by atoms with van der Waals surface area (Å²) in [7, 11) is 0. The van der Waals surface area contributed by atoms with E-state index >= 15 is 0 Å². The van der Waals surface area contributed by atoms with E-state index in [2.05, 4.69) is 23.2 Å². The second-order valence-electron chi connectivity index (χ2n) is 3.93. The van der Waals surface area contributed by atoms with Gasteiger partial charge < -0.3 is 11.1 Å². The summed E-state index contributed by atoms with van der Waals surface area (Å²) in [6.45, 7) is 5.24. The van der Waals surface area contributed by atoms with E-state index in [0.717, 1.165) is 29.1 Å². The predicted octanol–water partition coefficient (Wildman–Crippen LogP) is 2.65. The average molecular weight is 251 g/mol. The van der Waals surface area contributed by atoms with Gasteiger partial charge in [-0.2, -0.15) is 0 Å². The minimum atomic E-state index is 0.145. The molecule has 17 heavy (non-hydrogen) atoms. The Kier molecular flexibility index (Phi) is 6.07. The first-order chi connectivity index (χ1) is 8.19. The molecule has 1 rings (SSSR count). The van der Waals surface area contributed by atoms with Crippen molar-refractivity contribution in [2.45, 2.75) is 26.3 Å². The van der Waals surface area contributed by atoms with Crippen molar-refractivity contribution in [1.82, 2.24) is 5.32 Å². The first-order valence-corrected chi connectivity index (χ1v) is 6.16. The van der Waals surface area contributed by atoms with Crippen LogP contribution in [0.25, 0.3) is 0 Å². The molecule has 0 radical (unpaired) electrons. The lowest BCUT2D eigenvalue weighted by molar-refractivity contribution is 0.550. The molecule has 0 saturated heterocycles. The zero-order valence-corrected chi connectivity index (χ0v) is 11.1. The highest BCUT2D eigenvalue weighted by atomic mass is 35.5. The fraction of sp³-hybridized carbons (Fsp3) is 0.429. The Bertz CT molecular complexity index is 418. The largest absolute Gasteiger partial charge is 0.329 e. The van der Waals surface area contributed by atoms with Crippen molar-refractivity contribution < 1.29 is 0 Å². The van der Waals surface area contributed by atoms with Crippen LogP contribution in [-0.2, 0) is 0 Å². The molecule has 3 heteroatoms. The molecule has 0 bridgehead atoms. The van der Waals surface area contributed by atoms with Crippen LogP contribution in [0.1, 0.15) is 30.5 Å². The van der Waals surface area contributed by atoms with Gasteiger partial charge in [0, 0.05) is 30.6 Å². The molecule has 1 aromatic carbocycles. The Morgan fingerprint density at radius 1 is 1.47 bits per heavy atom. The highest BCUT2D eigenvalue weighted by Crippen LogP contribution is 2.20. The Morgan fingerprint density at radius 3 is 2.82 bits per heavy atom. The quantitative estimate of drug-likeness (QED) is 0.623. The third kappa shape index (κ3) is 4.40. The molecular formula is C14H19ClN2. The highest BCUT2D eigenvalue weighted by molar-refractivity contribution is 6.31. The van der Waals surface area contributed by atoms with Gasteiger partial charge >= 0.3 is 0 Å². The average Bonchev–Trinajstić information content (AvgIpc) is 2.33. The topological polar surface area (TPSA) is 38.0 Å². The molecule has 0 fully saturated rings. The second-order valence-corrected chi connectivity index (χ2v) is 4.34. The number of nitrogens with one attached hydrogen (secondary N) is 1. The molecule has 0 aliphatic carbocycles. The highest BCUT2D eigenvalue weighted by Gasteiger charge is 2.09. The molecule has 0 aliphatic heterocycles. The maximum atomic E-state index is 6.11. The van der Waals surface area contributed by atoms with E-state index in [1.54, 1.807) is 0 Å². The Balaban J connectivity index is 2.64. The van der Waals surface area contributed by atoms with Gasteiger partial charge in [-0.05, 0) is 31.0 Å². The zero-order valence-electron chi connectivity index (χ0n) is 10.4. The van der Waals surface area contributed by atoms with E-state index in [1.165, 1.54) is 0 Å². The number of hydrogen-bond acceptors (Lipinski definition) is 2. The van der Waals surface area contributed by atoms with E-state index in [4.69, 9.17) is 17.3 Å². The van der Waals surface area contributed by atoms with Crippen LogP contribution in [0.3, 0.4) is 0 Å². The molecule has 1 unspecified atom stereocenters. The number of benzene rings is 1. The molecule has 0 heterocycles. The summed E-state index contributed by atoms with van der Waals surface area (Å²) in [6.07, 6.45) is 0.840. The summed E-state index contributed by atoms with van der Waals surface area (Å²) < 4.78 is 0. The first-order valence-electron chi connectivity index (χ1n) is 5.78. The molecule has 0 spiro atoms. The number of nitrogens with two attached hydrogens (primary N) is 1. The molecule has 0 saturated carbocycles. The molecule has 1 atom stereocenters. The Labute approximate surface area is 109 Å². The molecule has 2 nitrogen and oxygen atoms in total. The third-order valence-corrected chi connectivity index (χ3v) is 3.06. The van der Waals surface area contributed by atoms with Crippen LogP contribution in [0.2, 0.25) is 5.02 Å². The monoisotopic (exact) mass is 250 g/mol. The fourth-order valence-electron chi connectivity index (χ4n) is 1.60.